The Morgan fingerprint density at radius 1 is 1.18 bits per heavy atom. The van der Waals surface area contributed by atoms with Gasteiger partial charge in [-0.15, -0.1) is 5.10 Å². The summed E-state index contributed by atoms with van der Waals surface area (Å²) in [4.78, 5) is 0. The van der Waals surface area contributed by atoms with Crippen LogP contribution < -0.4 is 4.74 Å². The first-order valence-corrected chi connectivity index (χ1v) is 12.6. The standard InChI is InChI=1S/C23H25F2N3O4S/c1-2-12-33(29,30)15-17-6-7-20(24)23(22(17)25)28-14-21(26-27-28)16-4-3-5-19(13-16)32-18-8-10-31-11-9-18/h3-7,13-14,18H,2,8-12,15H2,1H3. The van der Waals surface area contributed by atoms with Gasteiger partial charge in [0, 0.05) is 24.0 Å². The molecule has 2 aromatic carbocycles. The van der Waals surface area contributed by atoms with E-state index in [1.807, 2.05) is 12.1 Å². The molecule has 0 saturated carbocycles. The summed E-state index contributed by atoms with van der Waals surface area (Å²) in [5.74, 6) is -1.75. The van der Waals surface area contributed by atoms with Crippen LogP contribution in [0.4, 0.5) is 8.78 Å². The summed E-state index contributed by atoms with van der Waals surface area (Å²) in [6, 6.07) is 9.43. The largest absolute Gasteiger partial charge is 0.490 e. The van der Waals surface area contributed by atoms with Crippen molar-refractivity contribution in [2.45, 2.75) is 38.0 Å². The van der Waals surface area contributed by atoms with Gasteiger partial charge in [0.15, 0.2) is 21.5 Å². The van der Waals surface area contributed by atoms with Crippen LogP contribution in [-0.4, -0.2) is 48.5 Å². The van der Waals surface area contributed by atoms with Crippen LogP contribution in [0.1, 0.15) is 31.7 Å². The van der Waals surface area contributed by atoms with Crippen molar-refractivity contribution < 1.29 is 26.7 Å². The van der Waals surface area contributed by atoms with Crippen molar-refractivity contribution in [2.75, 3.05) is 19.0 Å². The van der Waals surface area contributed by atoms with E-state index in [2.05, 4.69) is 10.3 Å². The Balaban J connectivity index is 1.60. The SMILES string of the molecule is CCCS(=O)(=O)Cc1ccc(F)c(-n2cc(-c3cccc(OC4CCOCC4)c3)nn2)c1F. The highest BCUT2D eigenvalue weighted by Gasteiger charge is 2.22. The molecule has 7 nitrogen and oxygen atoms in total. The lowest BCUT2D eigenvalue weighted by Crippen LogP contribution is -2.25. The van der Waals surface area contributed by atoms with E-state index >= 15 is 4.39 Å². The van der Waals surface area contributed by atoms with Crippen molar-refractivity contribution >= 4 is 9.84 Å². The number of hydrogen-bond donors (Lipinski definition) is 0. The summed E-state index contributed by atoms with van der Waals surface area (Å²) >= 11 is 0. The first kappa shape index (κ1) is 23.3. The summed E-state index contributed by atoms with van der Waals surface area (Å²) in [6.07, 6.45) is 3.51. The van der Waals surface area contributed by atoms with Crippen LogP contribution in [0.2, 0.25) is 0 Å². The average Bonchev–Trinajstić information content (AvgIpc) is 3.26. The van der Waals surface area contributed by atoms with Crippen molar-refractivity contribution in [1.29, 1.82) is 0 Å². The molecule has 0 N–H and O–H groups in total. The van der Waals surface area contributed by atoms with Gasteiger partial charge in [0.1, 0.15) is 23.2 Å². The van der Waals surface area contributed by atoms with Gasteiger partial charge in [-0.2, -0.15) is 0 Å². The maximum absolute atomic E-state index is 15.1. The maximum Gasteiger partial charge on any atom is 0.156 e. The molecule has 1 aliphatic rings. The molecule has 0 unspecified atom stereocenters. The van der Waals surface area contributed by atoms with E-state index in [0.717, 1.165) is 29.7 Å². The molecular weight excluding hydrogens is 452 g/mol. The van der Waals surface area contributed by atoms with E-state index in [1.165, 1.54) is 6.20 Å². The van der Waals surface area contributed by atoms with Gasteiger partial charge in [0.25, 0.3) is 0 Å². The van der Waals surface area contributed by atoms with E-state index in [9.17, 15) is 12.8 Å². The van der Waals surface area contributed by atoms with Gasteiger partial charge in [-0.05, 0) is 24.6 Å². The minimum Gasteiger partial charge on any atom is -0.490 e. The Labute approximate surface area is 191 Å². The van der Waals surface area contributed by atoms with Crippen molar-refractivity contribution in [3.8, 4) is 22.7 Å². The molecule has 0 amide bonds. The molecule has 3 aromatic rings. The minimum absolute atomic E-state index is 0.0691. The third kappa shape index (κ3) is 5.56. The molecule has 0 atom stereocenters. The van der Waals surface area contributed by atoms with Gasteiger partial charge in [-0.1, -0.05) is 30.3 Å². The zero-order valence-corrected chi connectivity index (χ0v) is 19.0. The summed E-state index contributed by atoms with van der Waals surface area (Å²) in [6.45, 7) is 3.05. The molecule has 0 bridgehead atoms. The van der Waals surface area contributed by atoms with Crippen molar-refractivity contribution in [2.24, 2.45) is 0 Å². The van der Waals surface area contributed by atoms with Crippen LogP contribution in [0, 0.1) is 11.6 Å². The van der Waals surface area contributed by atoms with Crippen LogP contribution in [0.15, 0.2) is 42.6 Å². The summed E-state index contributed by atoms with van der Waals surface area (Å²) in [7, 11) is -3.50. The molecule has 2 heterocycles. The lowest BCUT2D eigenvalue weighted by Gasteiger charge is -2.23. The summed E-state index contributed by atoms with van der Waals surface area (Å²) in [5.41, 5.74) is 0.500. The molecule has 1 aliphatic heterocycles. The second-order valence-corrected chi connectivity index (χ2v) is 10.2. The normalized spacial score (nSPS) is 15.0. The van der Waals surface area contributed by atoms with Crippen LogP contribution >= 0.6 is 0 Å². The van der Waals surface area contributed by atoms with Crippen LogP contribution in [0.3, 0.4) is 0 Å². The third-order valence-electron chi connectivity index (χ3n) is 5.36. The van der Waals surface area contributed by atoms with E-state index in [-0.39, 0.29) is 17.4 Å². The predicted octanol–water partition coefficient (Wildman–Crippen LogP) is 4.10. The molecule has 10 heteroatoms. The van der Waals surface area contributed by atoms with Gasteiger partial charge in [-0.3, -0.25) is 0 Å². The van der Waals surface area contributed by atoms with E-state index < -0.39 is 32.9 Å². The lowest BCUT2D eigenvalue weighted by molar-refractivity contribution is 0.0256. The fourth-order valence-electron chi connectivity index (χ4n) is 3.74. The molecular formula is C23H25F2N3O4S. The van der Waals surface area contributed by atoms with Crippen LogP contribution in [0.25, 0.3) is 16.9 Å². The van der Waals surface area contributed by atoms with Crippen molar-refractivity contribution in [1.82, 2.24) is 15.0 Å². The van der Waals surface area contributed by atoms with E-state index in [4.69, 9.17) is 9.47 Å². The topological polar surface area (TPSA) is 83.3 Å². The molecule has 33 heavy (non-hydrogen) atoms. The molecule has 1 aromatic heterocycles. The number of benzene rings is 2. The number of halogens is 2. The maximum atomic E-state index is 15.1. The van der Waals surface area contributed by atoms with Crippen molar-refractivity contribution in [3.05, 3.63) is 59.8 Å². The zero-order chi connectivity index (χ0) is 23.4. The first-order chi connectivity index (χ1) is 15.9. The van der Waals surface area contributed by atoms with E-state index in [1.54, 1.807) is 19.1 Å². The Morgan fingerprint density at radius 2 is 1.97 bits per heavy atom. The number of nitrogens with zero attached hydrogens (tertiary/aromatic N) is 3. The quantitative estimate of drug-likeness (QED) is 0.486. The average molecular weight is 478 g/mol. The minimum atomic E-state index is -3.50. The number of sulfone groups is 1. The fourth-order valence-corrected chi connectivity index (χ4v) is 5.21. The fraction of sp³-hybridized carbons (Fsp3) is 0.391. The van der Waals surface area contributed by atoms with E-state index in [0.29, 0.717) is 36.6 Å². The third-order valence-corrected chi connectivity index (χ3v) is 7.14. The molecule has 0 radical (unpaired) electrons. The highest BCUT2D eigenvalue weighted by atomic mass is 32.2. The molecule has 1 fully saturated rings. The Morgan fingerprint density at radius 3 is 2.73 bits per heavy atom. The number of ether oxygens (including phenoxy) is 2. The Bertz CT molecular complexity index is 1220. The monoisotopic (exact) mass is 477 g/mol. The zero-order valence-electron chi connectivity index (χ0n) is 18.2. The summed E-state index contributed by atoms with van der Waals surface area (Å²) < 4.78 is 66.2. The number of aromatic nitrogens is 3. The highest BCUT2D eigenvalue weighted by molar-refractivity contribution is 7.90. The van der Waals surface area contributed by atoms with Gasteiger partial charge < -0.3 is 9.47 Å². The molecule has 0 spiro atoms. The second-order valence-electron chi connectivity index (χ2n) is 7.97. The second kappa shape index (κ2) is 9.96. The number of rotatable bonds is 8. The Hall–Kier alpha value is -2.85. The predicted molar refractivity (Wildman–Crippen MR) is 119 cm³/mol. The highest BCUT2D eigenvalue weighted by Crippen LogP contribution is 2.27. The Kier molecular flexibility index (Phi) is 7.04. The lowest BCUT2D eigenvalue weighted by atomic mass is 10.1. The van der Waals surface area contributed by atoms with Crippen LogP contribution in [-0.2, 0) is 20.3 Å². The molecule has 4 rings (SSSR count). The first-order valence-electron chi connectivity index (χ1n) is 10.8. The summed E-state index contributed by atoms with van der Waals surface area (Å²) in [5, 5.41) is 7.94. The smallest absolute Gasteiger partial charge is 0.156 e. The van der Waals surface area contributed by atoms with Crippen molar-refractivity contribution in [3.63, 3.8) is 0 Å². The van der Waals surface area contributed by atoms with Gasteiger partial charge in [-0.25, -0.2) is 21.9 Å². The van der Waals surface area contributed by atoms with Gasteiger partial charge >= 0.3 is 0 Å². The number of hydrogen-bond acceptors (Lipinski definition) is 6. The van der Waals surface area contributed by atoms with Gasteiger partial charge in [0.2, 0.25) is 0 Å². The molecule has 1 saturated heterocycles. The molecule has 176 valence electrons. The van der Waals surface area contributed by atoms with Gasteiger partial charge in [0.05, 0.1) is 30.9 Å². The molecule has 0 aliphatic carbocycles. The van der Waals surface area contributed by atoms with Crippen LogP contribution in [0.5, 0.6) is 5.75 Å².